The highest BCUT2D eigenvalue weighted by molar-refractivity contribution is 5.96. The number of rotatable bonds is 13. The third-order valence-electron chi connectivity index (χ3n) is 8.66. The van der Waals surface area contributed by atoms with Crippen LogP contribution in [0.15, 0.2) is 36.4 Å². The molecule has 0 spiro atoms. The number of methoxy groups -OCH3 is 3. The normalized spacial score (nSPS) is 17.8. The molecule has 1 aliphatic heterocycles. The topological polar surface area (TPSA) is 217 Å². The van der Waals surface area contributed by atoms with Crippen molar-refractivity contribution in [2.24, 2.45) is 5.73 Å². The van der Waals surface area contributed by atoms with E-state index >= 15 is 0 Å². The Hall–Kier alpha value is -5.38. The lowest BCUT2D eigenvalue weighted by Gasteiger charge is -2.32. The minimum Gasteiger partial charge on any atom is -0.496 e. The molecule has 0 aliphatic carbocycles. The minimum absolute atomic E-state index is 0.0282. The molecule has 54 heavy (non-hydrogen) atoms. The number of esters is 1. The Kier molecular flexibility index (Phi) is 15.6. The van der Waals surface area contributed by atoms with E-state index in [0.29, 0.717) is 46.6 Å². The van der Waals surface area contributed by atoms with E-state index in [-0.39, 0.29) is 32.4 Å². The van der Waals surface area contributed by atoms with Gasteiger partial charge in [0.05, 0.1) is 21.3 Å². The molecule has 2 aromatic carbocycles. The SMILES string of the molecule is COC(=O)[C@@H]1Cc2ccc(OC)c(c2)-c2cc(ccc2OC)[C@H](N(C)C(=O)[C@H](CCCCNC(=O)OC(C)(C)C)NC(=O)CCN)C(=O)N[C@@H](C)C(=O)N1. The summed E-state index contributed by atoms with van der Waals surface area (Å²) in [5, 5.41) is 10.8. The molecule has 0 unspecified atom stereocenters. The van der Waals surface area contributed by atoms with Crippen LogP contribution >= 0.6 is 0 Å². The molecule has 1 heterocycles. The standard InChI is InChI=1S/C38H54N6O10/c1-22-33(46)43-28(36(49)53-8)20-23-12-14-29(51-6)25(19-23)26-21-24(13-15-30(26)52-7)32(34(47)41-22)44(5)35(48)27(42-31(45)16-17-39)11-9-10-18-40-37(50)54-38(2,3)4/h12-15,19,21-22,27-28,32H,9-11,16-18,20,39H2,1-8H3,(H,40,50)(H,41,47)(H,42,45)(H,43,46)/t22-,27-,28-,32-/m0/s1. The van der Waals surface area contributed by atoms with Crippen LogP contribution in [0.25, 0.3) is 11.1 Å². The van der Waals surface area contributed by atoms with Gasteiger partial charge in [0.2, 0.25) is 23.6 Å². The van der Waals surface area contributed by atoms with Crippen molar-refractivity contribution in [3.05, 3.63) is 47.5 Å². The van der Waals surface area contributed by atoms with Crippen molar-refractivity contribution >= 4 is 35.7 Å². The van der Waals surface area contributed by atoms with Gasteiger partial charge in [0, 0.05) is 44.1 Å². The molecule has 0 saturated heterocycles. The van der Waals surface area contributed by atoms with Crippen LogP contribution in [0.4, 0.5) is 4.79 Å². The number of nitrogens with zero attached hydrogens (tertiary/aromatic N) is 1. The Morgan fingerprint density at radius 2 is 1.59 bits per heavy atom. The van der Waals surface area contributed by atoms with Crippen LogP contribution in [0.1, 0.15) is 70.5 Å². The summed E-state index contributed by atoms with van der Waals surface area (Å²) in [7, 11) is 5.65. The number of fused-ring (bicyclic) bond motifs is 5. The summed E-state index contributed by atoms with van der Waals surface area (Å²) in [5.74, 6) is -2.17. The Morgan fingerprint density at radius 3 is 2.20 bits per heavy atom. The summed E-state index contributed by atoms with van der Waals surface area (Å²) in [4.78, 5) is 80.8. The molecule has 16 heteroatoms. The molecular formula is C38H54N6O10. The predicted octanol–water partition coefficient (Wildman–Crippen LogP) is 2.12. The van der Waals surface area contributed by atoms with Gasteiger partial charge in [-0.15, -0.1) is 0 Å². The maximum atomic E-state index is 14.3. The zero-order chi connectivity index (χ0) is 40.2. The van der Waals surface area contributed by atoms with Gasteiger partial charge in [-0.2, -0.15) is 0 Å². The number of ether oxygens (including phenoxy) is 4. The monoisotopic (exact) mass is 754 g/mol. The highest BCUT2D eigenvalue weighted by Crippen LogP contribution is 2.39. The van der Waals surface area contributed by atoms with Crippen molar-refractivity contribution in [1.29, 1.82) is 0 Å². The molecule has 0 aromatic heterocycles. The average Bonchev–Trinajstić information content (AvgIpc) is 3.12. The van der Waals surface area contributed by atoms with E-state index in [4.69, 9.17) is 24.7 Å². The zero-order valence-corrected chi connectivity index (χ0v) is 32.3. The van der Waals surface area contributed by atoms with Crippen molar-refractivity contribution in [2.45, 2.75) is 89.6 Å². The van der Waals surface area contributed by atoms with Crippen LogP contribution < -0.4 is 36.5 Å². The van der Waals surface area contributed by atoms with Crippen LogP contribution in [-0.2, 0) is 39.9 Å². The summed E-state index contributed by atoms with van der Waals surface area (Å²) in [5.41, 5.74) is 7.09. The highest BCUT2D eigenvalue weighted by Gasteiger charge is 2.36. The lowest BCUT2D eigenvalue weighted by atomic mass is 9.93. The number of nitrogens with two attached hydrogens (primary N) is 1. The quantitative estimate of drug-likeness (QED) is 0.147. The Labute approximate surface area is 316 Å². The highest BCUT2D eigenvalue weighted by atomic mass is 16.6. The first-order chi connectivity index (χ1) is 25.5. The second kappa shape index (κ2) is 19.6. The van der Waals surface area contributed by atoms with Crippen LogP contribution in [0.3, 0.4) is 0 Å². The van der Waals surface area contributed by atoms with E-state index in [1.165, 1.54) is 40.2 Å². The van der Waals surface area contributed by atoms with E-state index in [0.717, 1.165) is 0 Å². The van der Waals surface area contributed by atoms with Gasteiger partial charge in [-0.1, -0.05) is 12.1 Å². The van der Waals surface area contributed by atoms with Gasteiger partial charge in [-0.25, -0.2) is 9.59 Å². The smallest absolute Gasteiger partial charge is 0.407 e. The fourth-order valence-electron chi connectivity index (χ4n) is 5.98. The molecule has 0 saturated carbocycles. The summed E-state index contributed by atoms with van der Waals surface area (Å²) < 4.78 is 21.6. The minimum atomic E-state index is -1.31. The number of unbranched alkanes of at least 4 members (excludes halogenated alkanes) is 1. The van der Waals surface area contributed by atoms with E-state index < -0.39 is 65.5 Å². The number of amides is 5. The molecule has 0 radical (unpaired) electrons. The van der Waals surface area contributed by atoms with Crippen LogP contribution in [0.5, 0.6) is 11.5 Å². The molecule has 5 amide bonds. The second-order valence-corrected chi connectivity index (χ2v) is 13.9. The number of carbonyl (C=O) groups excluding carboxylic acids is 6. The molecule has 4 bridgehead atoms. The van der Waals surface area contributed by atoms with Gasteiger partial charge in [0.25, 0.3) is 0 Å². The van der Waals surface area contributed by atoms with Crippen LogP contribution in [-0.4, -0.2) is 106 Å². The number of benzene rings is 2. The maximum absolute atomic E-state index is 14.3. The van der Waals surface area contributed by atoms with Gasteiger partial charge in [0.1, 0.15) is 41.3 Å². The Morgan fingerprint density at radius 1 is 0.944 bits per heavy atom. The zero-order valence-electron chi connectivity index (χ0n) is 32.3. The van der Waals surface area contributed by atoms with Gasteiger partial charge < -0.3 is 50.8 Å². The molecule has 2 aromatic rings. The summed E-state index contributed by atoms with van der Waals surface area (Å²) in [6, 6.07) is 5.68. The third kappa shape index (κ3) is 11.8. The summed E-state index contributed by atoms with van der Waals surface area (Å²) in [6.45, 7) is 7.05. The first kappa shape index (κ1) is 43.0. The Bertz CT molecular complexity index is 1680. The largest absolute Gasteiger partial charge is 0.496 e. The third-order valence-corrected chi connectivity index (χ3v) is 8.66. The number of carbonyl (C=O) groups is 6. The fourth-order valence-corrected chi connectivity index (χ4v) is 5.98. The van der Waals surface area contributed by atoms with E-state index in [1.54, 1.807) is 57.2 Å². The summed E-state index contributed by atoms with van der Waals surface area (Å²) in [6.07, 6.45) is 0.534. The lowest BCUT2D eigenvalue weighted by Crippen LogP contribution is -2.55. The first-order valence-corrected chi connectivity index (χ1v) is 17.8. The Balaban J connectivity index is 2.07. The number of hydrogen-bond acceptors (Lipinski definition) is 11. The van der Waals surface area contributed by atoms with E-state index in [9.17, 15) is 28.8 Å². The molecular weight excluding hydrogens is 700 g/mol. The molecule has 4 atom stereocenters. The van der Waals surface area contributed by atoms with Gasteiger partial charge >= 0.3 is 12.1 Å². The van der Waals surface area contributed by atoms with Gasteiger partial charge in [0.15, 0.2) is 0 Å². The van der Waals surface area contributed by atoms with Crippen molar-refractivity contribution in [3.8, 4) is 22.6 Å². The van der Waals surface area contributed by atoms with Crippen molar-refractivity contribution in [2.75, 3.05) is 41.5 Å². The van der Waals surface area contributed by atoms with Crippen molar-refractivity contribution in [1.82, 2.24) is 26.2 Å². The number of nitrogens with one attached hydrogen (secondary N) is 4. The number of alkyl carbamates (subject to hydrolysis) is 1. The molecule has 296 valence electrons. The van der Waals surface area contributed by atoms with Gasteiger partial charge in [-0.3, -0.25) is 19.2 Å². The number of hydrogen-bond donors (Lipinski definition) is 5. The fraction of sp³-hybridized carbons (Fsp3) is 0.526. The lowest BCUT2D eigenvalue weighted by molar-refractivity contribution is -0.145. The van der Waals surface area contributed by atoms with Crippen molar-refractivity contribution < 1.29 is 47.7 Å². The van der Waals surface area contributed by atoms with Gasteiger partial charge in [-0.05, 0) is 82.3 Å². The van der Waals surface area contributed by atoms with E-state index in [2.05, 4.69) is 21.3 Å². The van der Waals surface area contributed by atoms with Crippen molar-refractivity contribution in [3.63, 3.8) is 0 Å². The number of likely N-dealkylation sites (N-methyl/N-ethyl adjacent to an activating group) is 1. The second-order valence-electron chi connectivity index (χ2n) is 13.9. The molecule has 1 aliphatic rings. The molecule has 3 rings (SSSR count). The summed E-state index contributed by atoms with van der Waals surface area (Å²) >= 11 is 0. The van der Waals surface area contributed by atoms with E-state index in [1.807, 2.05) is 0 Å². The average molecular weight is 755 g/mol. The predicted molar refractivity (Wildman–Crippen MR) is 199 cm³/mol. The molecule has 0 fully saturated rings. The molecule has 16 nitrogen and oxygen atoms in total. The first-order valence-electron chi connectivity index (χ1n) is 17.8. The molecule has 6 N–H and O–H groups in total. The van der Waals surface area contributed by atoms with Crippen LogP contribution in [0.2, 0.25) is 0 Å². The maximum Gasteiger partial charge on any atom is 0.407 e. The van der Waals surface area contributed by atoms with Crippen LogP contribution in [0, 0.1) is 0 Å².